The third-order valence-electron chi connectivity index (χ3n) is 5.64. The molecule has 4 rings (SSSR count). The van der Waals surface area contributed by atoms with E-state index in [0.29, 0.717) is 24.9 Å². The second-order valence-corrected chi connectivity index (χ2v) is 8.11. The minimum Gasteiger partial charge on any atom is -0.444 e. The molecular formula is C25H30IN5O2. The number of carbonyl (C=O) groups is 1. The minimum absolute atomic E-state index is 0. The van der Waals surface area contributed by atoms with Gasteiger partial charge in [0.15, 0.2) is 5.96 Å². The van der Waals surface area contributed by atoms with Crippen LogP contribution in [-0.2, 0) is 17.9 Å². The van der Waals surface area contributed by atoms with Gasteiger partial charge in [-0.1, -0.05) is 36.2 Å². The molecule has 1 aliphatic rings. The van der Waals surface area contributed by atoms with Crippen LogP contribution in [0.15, 0.2) is 64.2 Å². The van der Waals surface area contributed by atoms with Crippen LogP contribution in [0.2, 0.25) is 0 Å². The van der Waals surface area contributed by atoms with E-state index >= 15 is 0 Å². The first kappa shape index (κ1) is 24.8. The molecule has 0 aliphatic heterocycles. The number of hydrogen-bond acceptors (Lipinski definition) is 4. The molecule has 0 saturated heterocycles. The maximum atomic E-state index is 12.2. The molecule has 7 nitrogen and oxygen atoms in total. The van der Waals surface area contributed by atoms with Crippen LogP contribution in [-0.4, -0.2) is 23.9 Å². The van der Waals surface area contributed by atoms with Crippen LogP contribution in [0.5, 0.6) is 0 Å². The van der Waals surface area contributed by atoms with Crippen molar-refractivity contribution in [2.75, 3.05) is 12.4 Å². The summed E-state index contributed by atoms with van der Waals surface area (Å²) in [5.74, 6) is 1.55. The lowest BCUT2D eigenvalue weighted by Crippen LogP contribution is -2.36. The molecule has 1 aromatic heterocycles. The van der Waals surface area contributed by atoms with Crippen LogP contribution in [0.25, 0.3) is 11.5 Å². The number of nitrogens with zero attached hydrogens (tertiary/aromatic N) is 2. The number of guanidine groups is 1. The number of oxazole rings is 1. The number of carbonyl (C=O) groups excluding carboxylic acids is 1. The molecule has 174 valence electrons. The molecule has 0 atom stereocenters. The summed E-state index contributed by atoms with van der Waals surface area (Å²) >= 11 is 0. The highest BCUT2D eigenvalue weighted by Crippen LogP contribution is 2.27. The quantitative estimate of drug-likeness (QED) is 0.218. The van der Waals surface area contributed by atoms with Crippen molar-refractivity contribution in [1.29, 1.82) is 0 Å². The van der Waals surface area contributed by atoms with Crippen molar-refractivity contribution in [3.05, 3.63) is 71.6 Å². The summed E-state index contributed by atoms with van der Waals surface area (Å²) in [7, 11) is 1.73. The number of halogens is 1. The van der Waals surface area contributed by atoms with Crippen LogP contribution >= 0.6 is 24.0 Å². The molecule has 8 heteroatoms. The van der Waals surface area contributed by atoms with Gasteiger partial charge in [0.25, 0.3) is 0 Å². The van der Waals surface area contributed by atoms with E-state index in [4.69, 9.17) is 4.42 Å². The molecule has 1 heterocycles. The third kappa shape index (κ3) is 6.80. The van der Waals surface area contributed by atoms with Crippen molar-refractivity contribution in [3.8, 4) is 11.5 Å². The van der Waals surface area contributed by atoms with Gasteiger partial charge in [0.1, 0.15) is 6.26 Å². The predicted molar refractivity (Wildman–Crippen MR) is 142 cm³/mol. The van der Waals surface area contributed by atoms with Gasteiger partial charge < -0.3 is 20.4 Å². The lowest BCUT2D eigenvalue weighted by atomic mass is 9.85. The van der Waals surface area contributed by atoms with Gasteiger partial charge in [-0.15, -0.1) is 24.0 Å². The summed E-state index contributed by atoms with van der Waals surface area (Å²) in [6.45, 7) is 3.13. The van der Waals surface area contributed by atoms with Crippen molar-refractivity contribution >= 4 is 41.5 Å². The maximum absolute atomic E-state index is 12.2. The molecule has 33 heavy (non-hydrogen) atoms. The van der Waals surface area contributed by atoms with E-state index in [1.165, 1.54) is 5.56 Å². The summed E-state index contributed by atoms with van der Waals surface area (Å²) in [5.41, 5.74) is 4.83. The molecule has 0 spiro atoms. The first-order valence-electron chi connectivity index (χ1n) is 11.0. The van der Waals surface area contributed by atoms with Gasteiger partial charge in [0.05, 0.1) is 12.2 Å². The average Bonchev–Trinajstić information content (AvgIpc) is 3.22. The molecule has 2 aromatic carbocycles. The van der Waals surface area contributed by atoms with E-state index in [2.05, 4.69) is 32.9 Å². The van der Waals surface area contributed by atoms with E-state index in [1.54, 1.807) is 13.3 Å². The highest BCUT2D eigenvalue weighted by Gasteiger charge is 2.25. The Bertz CT molecular complexity index is 1090. The molecular weight excluding hydrogens is 529 g/mol. The Balaban J connectivity index is 0.00000306. The Hall–Kier alpha value is -2.88. The summed E-state index contributed by atoms with van der Waals surface area (Å²) < 4.78 is 5.61. The summed E-state index contributed by atoms with van der Waals surface area (Å²) in [4.78, 5) is 21.0. The van der Waals surface area contributed by atoms with Crippen LogP contribution in [0, 0.1) is 12.8 Å². The van der Waals surface area contributed by atoms with Gasteiger partial charge in [-0.05, 0) is 49.6 Å². The number of amides is 1. The standard InChI is InChI=1S/C25H29N5O2.HI/c1-17-9-11-20(12-10-17)24-30-22(16-32-24)15-28-25(26-2)27-14-18-5-3-8-21(13-18)29-23(31)19-6-4-7-19;/h3,5,8-13,16,19H,4,6-7,14-15H2,1-2H3,(H,29,31)(H2,26,27,28);1H. The van der Waals surface area contributed by atoms with E-state index in [1.807, 2.05) is 48.5 Å². The molecule has 0 unspecified atom stereocenters. The van der Waals surface area contributed by atoms with Gasteiger partial charge in [0.2, 0.25) is 11.8 Å². The lowest BCUT2D eigenvalue weighted by molar-refractivity contribution is -0.122. The Morgan fingerprint density at radius 1 is 1.12 bits per heavy atom. The molecule has 1 amide bonds. The fraction of sp³-hybridized carbons (Fsp3) is 0.320. The first-order chi connectivity index (χ1) is 15.6. The fourth-order valence-electron chi connectivity index (χ4n) is 3.47. The van der Waals surface area contributed by atoms with E-state index in [9.17, 15) is 4.79 Å². The maximum Gasteiger partial charge on any atom is 0.227 e. The van der Waals surface area contributed by atoms with Gasteiger partial charge in [-0.25, -0.2) is 4.98 Å². The monoisotopic (exact) mass is 559 g/mol. The lowest BCUT2D eigenvalue weighted by Gasteiger charge is -2.24. The minimum atomic E-state index is 0. The number of nitrogens with one attached hydrogen (secondary N) is 3. The topological polar surface area (TPSA) is 91.5 Å². The zero-order valence-corrected chi connectivity index (χ0v) is 21.3. The number of aromatic nitrogens is 1. The first-order valence-corrected chi connectivity index (χ1v) is 11.0. The fourth-order valence-corrected chi connectivity index (χ4v) is 3.47. The van der Waals surface area contributed by atoms with Crippen molar-refractivity contribution in [3.63, 3.8) is 0 Å². The highest BCUT2D eigenvalue weighted by molar-refractivity contribution is 14.0. The van der Waals surface area contributed by atoms with Crippen LogP contribution in [0.1, 0.15) is 36.1 Å². The van der Waals surface area contributed by atoms with Crippen molar-refractivity contribution < 1.29 is 9.21 Å². The average molecular weight is 559 g/mol. The second-order valence-electron chi connectivity index (χ2n) is 8.11. The van der Waals surface area contributed by atoms with Gasteiger partial charge in [0, 0.05) is 30.8 Å². The second kappa shape index (κ2) is 11.8. The van der Waals surface area contributed by atoms with E-state index < -0.39 is 0 Å². The number of anilines is 1. The smallest absolute Gasteiger partial charge is 0.227 e. The van der Waals surface area contributed by atoms with E-state index in [-0.39, 0.29) is 35.8 Å². The third-order valence-corrected chi connectivity index (χ3v) is 5.64. The largest absolute Gasteiger partial charge is 0.444 e. The molecule has 3 N–H and O–H groups in total. The van der Waals surface area contributed by atoms with Crippen molar-refractivity contribution in [2.45, 2.75) is 39.3 Å². The predicted octanol–water partition coefficient (Wildman–Crippen LogP) is 4.87. The van der Waals surface area contributed by atoms with E-state index in [0.717, 1.165) is 41.8 Å². The number of benzene rings is 2. The molecule has 1 fully saturated rings. The number of aryl methyl sites for hydroxylation is 1. The molecule has 0 radical (unpaired) electrons. The SMILES string of the molecule is CN=C(NCc1cccc(NC(=O)C2CCC2)c1)NCc1coc(-c2ccc(C)cc2)n1.I. The van der Waals surface area contributed by atoms with Crippen molar-refractivity contribution in [2.24, 2.45) is 10.9 Å². The summed E-state index contributed by atoms with van der Waals surface area (Å²) in [6, 6.07) is 16.0. The molecule has 1 aliphatic carbocycles. The normalized spacial score (nSPS) is 13.6. The van der Waals surface area contributed by atoms with Crippen LogP contribution in [0.3, 0.4) is 0 Å². The molecule has 1 saturated carbocycles. The number of aliphatic imine (C=N–C) groups is 1. The number of rotatable bonds is 7. The Morgan fingerprint density at radius 2 is 1.88 bits per heavy atom. The summed E-state index contributed by atoms with van der Waals surface area (Å²) in [5, 5.41) is 9.57. The molecule has 3 aromatic rings. The summed E-state index contributed by atoms with van der Waals surface area (Å²) in [6.07, 6.45) is 4.79. The highest BCUT2D eigenvalue weighted by atomic mass is 127. The Morgan fingerprint density at radius 3 is 2.58 bits per heavy atom. The van der Waals surface area contributed by atoms with Crippen LogP contribution in [0.4, 0.5) is 5.69 Å². The van der Waals surface area contributed by atoms with Crippen molar-refractivity contribution in [1.82, 2.24) is 15.6 Å². The van der Waals surface area contributed by atoms with Crippen LogP contribution < -0.4 is 16.0 Å². The Labute approximate surface area is 211 Å². The number of hydrogen-bond donors (Lipinski definition) is 3. The Kier molecular flexibility index (Phi) is 8.87. The van der Waals surface area contributed by atoms with Gasteiger partial charge in [-0.2, -0.15) is 0 Å². The zero-order valence-electron chi connectivity index (χ0n) is 18.9. The van der Waals surface area contributed by atoms with Gasteiger partial charge in [-0.3, -0.25) is 9.79 Å². The zero-order chi connectivity index (χ0) is 22.3. The molecule has 0 bridgehead atoms. The van der Waals surface area contributed by atoms with Gasteiger partial charge >= 0.3 is 0 Å².